The van der Waals surface area contributed by atoms with Gasteiger partial charge in [-0.15, -0.1) is 0 Å². The van der Waals surface area contributed by atoms with Crippen LogP contribution in [0.25, 0.3) is 0 Å². The second-order valence-electron chi connectivity index (χ2n) is 6.30. The van der Waals surface area contributed by atoms with Gasteiger partial charge in [-0.2, -0.15) is 0 Å². The van der Waals surface area contributed by atoms with Gasteiger partial charge < -0.3 is 25.1 Å². The average molecular weight is 301 g/mol. The summed E-state index contributed by atoms with van der Waals surface area (Å²) in [6, 6.07) is 0.360. The first kappa shape index (κ1) is 17.2. The topological polar surface area (TPSA) is 73.9 Å². The van der Waals surface area contributed by atoms with Gasteiger partial charge in [0.2, 0.25) is 0 Å². The number of ether oxygens (including phenoxy) is 3. The number of nitrogens with two attached hydrogens (primary N) is 1. The molecule has 2 atom stereocenters. The van der Waals surface area contributed by atoms with Gasteiger partial charge in [0, 0.05) is 19.3 Å². The SMILES string of the molecule is C1CCC(OC2CCCCO2)OC1.NC1CCC(O)CC1. The maximum absolute atomic E-state index is 8.97. The second kappa shape index (κ2) is 9.74. The summed E-state index contributed by atoms with van der Waals surface area (Å²) in [4.78, 5) is 0. The van der Waals surface area contributed by atoms with Crippen molar-refractivity contribution in [3.63, 3.8) is 0 Å². The molecular formula is C16H31NO4. The first-order valence-electron chi connectivity index (χ1n) is 8.56. The zero-order valence-corrected chi connectivity index (χ0v) is 13.0. The molecule has 3 N–H and O–H groups in total. The third-order valence-corrected chi connectivity index (χ3v) is 4.32. The van der Waals surface area contributed by atoms with E-state index in [9.17, 15) is 0 Å². The molecule has 3 rings (SSSR count). The van der Waals surface area contributed by atoms with Gasteiger partial charge in [-0.05, 0) is 64.2 Å². The van der Waals surface area contributed by atoms with Crippen LogP contribution in [0, 0.1) is 0 Å². The molecule has 5 heteroatoms. The quantitative estimate of drug-likeness (QED) is 0.818. The van der Waals surface area contributed by atoms with Crippen LogP contribution in [0.3, 0.4) is 0 Å². The van der Waals surface area contributed by atoms with Crippen molar-refractivity contribution >= 4 is 0 Å². The van der Waals surface area contributed by atoms with E-state index in [1.54, 1.807) is 0 Å². The Bertz CT molecular complexity index is 231. The lowest BCUT2D eigenvalue weighted by molar-refractivity contribution is -0.264. The van der Waals surface area contributed by atoms with E-state index in [4.69, 9.17) is 25.1 Å². The van der Waals surface area contributed by atoms with E-state index in [1.807, 2.05) is 0 Å². The standard InChI is InChI=1S/C10H18O3.C6H13NO/c1-3-7-11-9(5-1)13-10-6-2-4-8-12-10;7-5-1-3-6(8)4-2-5/h9-10H,1-8H2;5-6,8H,1-4,7H2. The van der Waals surface area contributed by atoms with Crippen LogP contribution in [0.2, 0.25) is 0 Å². The Morgan fingerprint density at radius 1 is 0.762 bits per heavy atom. The van der Waals surface area contributed by atoms with Crippen LogP contribution in [0.5, 0.6) is 0 Å². The molecule has 0 amide bonds. The lowest BCUT2D eigenvalue weighted by Gasteiger charge is -2.29. The van der Waals surface area contributed by atoms with Gasteiger partial charge in [-0.25, -0.2) is 0 Å². The monoisotopic (exact) mass is 301 g/mol. The smallest absolute Gasteiger partial charge is 0.160 e. The van der Waals surface area contributed by atoms with Gasteiger partial charge in [0.15, 0.2) is 12.6 Å². The molecule has 0 aromatic rings. The van der Waals surface area contributed by atoms with Gasteiger partial charge in [0.25, 0.3) is 0 Å². The Morgan fingerprint density at radius 2 is 1.29 bits per heavy atom. The van der Waals surface area contributed by atoms with Gasteiger partial charge in [0.1, 0.15) is 0 Å². The fourth-order valence-corrected chi connectivity index (χ4v) is 2.91. The first-order chi connectivity index (χ1) is 10.2. The summed E-state index contributed by atoms with van der Waals surface area (Å²) in [5, 5.41) is 8.97. The Kier molecular flexibility index (Phi) is 7.96. The van der Waals surface area contributed by atoms with Crippen LogP contribution < -0.4 is 5.73 Å². The van der Waals surface area contributed by atoms with E-state index in [0.717, 1.165) is 51.7 Å². The van der Waals surface area contributed by atoms with Crippen LogP contribution >= 0.6 is 0 Å². The summed E-state index contributed by atoms with van der Waals surface area (Å²) in [6.45, 7) is 1.69. The molecule has 3 aliphatic rings. The molecule has 3 fully saturated rings. The van der Waals surface area contributed by atoms with Gasteiger partial charge in [-0.1, -0.05) is 0 Å². The van der Waals surface area contributed by atoms with E-state index in [0.29, 0.717) is 6.04 Å². The normalized spacial score (nSPS) is 37.4. The lowest BCUT2D eigenvalue weighted by atomic mass is 9.94. The van der Waals surface area contributed by atoms with Crippen LogP contribution in [-0.4, -0.2) is 43.0 Å². The van der Waals surface area contributed by atoms with Crippen molar-refractivity contribution in [3.05, 3.63) is 0 Å². The second-order valence-corrected chi connectivity index (χ2v) is 6.30. The molecule has 124 valence electrons. The molecule has 0 aromatic heterocycles. The highest BCUT2D eigenvalue weighted by atomic mass is 16.8. The van der Waals surface area contributed by atoms with E-state index in [2.05, 4.69) is 0 Å². The molecular weight excluding hydrogens is 270 g/mol. The van der Waals surface area contributed by atoms with Crippen molar-refractivity contribution in [1.29, 1.82) is 0 Å². The fourth-order valence-electron chi connectivity index (χ4n) is 2.91. The summed E-state index contributed by atoms with van der Waals surface area (Å²) in [5.74, 6) is 0. The fraction of sp³-hybridized carbons (Fsp3) is 1.00. The molecule has 2 saturated heterocycles. The van der Waals surface area contributed by atoms with Crippen molar-refractivity contribution in [2.24, 2.45) is 5.73 Å². The number of rotatable bonds is 2. The molecule has 5 nitrogen and oxygen atoms in total. The van der Waals surface area contributed by atoms with Crippen molar-refractivity contribution in [1.82, 2.24) is 0 Å². The molecule has 0 spiro atoms. The minimum atomic E-state index is -0.0604. The Labute approximate surface area is 128 Å². The van der Waals surface area contributed by atoms with Crippen LogP contribution in [0.15, 0.2) is 0 Å². The van der Waals surface area contributed by atoms with Crippen LogP contribution in [0.4, 0.5) is 0 Å². The van der Waals surface area contributed by atoms with Crippen molar-refractivity contribution in [2.75, 3.05) is 13.2 Å². The third-order valence-electron chi connectivity index (χ3n) is 4.32. The van der Waals surface area contributed by atoms with Gasteiger partial charge in [-0.3, -0.25) is 0 Å². The first-order valence-corrected chi connectivity index (χ1v) is 8.56. The van der Waals surface area contributed by atoms with Crippen LogP contribution in [-0.2, 0) is 14.2 Å². The largest absolute Gasteiger partial charge is 0.393 e. The molecule has 1 aliphatic carbocycles. The zero-order valence-electron chi connectivity index (χ0n) is 13.0. The maximum atomic E-state index is 8.97. The minimum Gasteiger partial charge on any atom is -0.393 e. The number of hydrogen-bond acceptors (Lipinski definition) is 5. The molecule has 0 bridgehead atoms. The predicted molar refractivity (Wildman–Crippen MR) is 80.7 cm³/mol. The molecule has 2 aliphatic heterocycles. The Balaban J connectivity index is 0.000000173. The van der Waals surface area contributed by atoms with Crippen molar-refractivity contribution in [2.45, 2.75) is 88.9 Å². The minimum absolute atomic E-state index is 0.00292. The Morgan fingerprint density at radius 3 is 1.67 bits per heavy atom. The van der Waals surface area contributed by atoms with Crippen molar-refractivity contribution in [3.8, 4) is 0 Å². The zero-order chi connectivity index (χ0) is 14.9. The molecule has 0 aromatic carbocycles. The highest BCUT2D eigenvalue weighted by Gasteiger charge is 2.21. The Hall–Kier alpha value is -0.200. The highest BCUT2D eigenvalue weighted by Crippen LogP contribution is 2.20. The van der Waals surface area contributed by atoms with E-state index in [-0.39, 0.29) is 18.7 Å². The van der Waals surface area contributed by atoms with E-state index >= 15 is 0 Å². The summed E-state index contributed by atoms with van der Waals surface area (Å²) in [5.41, 5.74) is 5.59. The number of aliphatic hydroxyl groups excluding tert-OH is 1. The van der Waals surface area contributed by atoms with Gasteiger partial charge in [0.05, 0.1) is 6.10 Å². The van der Waals surface area contributed by atoms with Gasteiger partial charge >= 0.3 is 0 Å². The van der Waals surface area contributed by atoms with Crippen LogP contribution in [0.1, 0.15) is 64.2 Å². The number of hydrogen-bond donors (Lipinski definition) is 2. The summed E-state index contributed by atoms with van der Waals surface area (Å²) in [6.07, 6.45) is 10.6. The molecule has 0 radical (unpaired) electrons. The third kappa shape index (κ3) is 7.06. The molecule has 21 heavy (non-hydrogen) atoms. The highest BCUT2D eigenvalue weighted by molar-refractivity contribution is 4.72. The maximum Gasteiger partial charge on any atom is 0.160 e. The van der Waals surface area contributed by atoms with Crippen molar-refractivity contribution < 1.29 is 19.3 Å². The molecule has 1 saturated carbocycles. The van der Waals surface area contributed by atoms with E-state index in [1.165, 1.54) is 25.7 Å². The average Bonchev–Trinajstić information content (AvgIpc) is 2.53. The predicted octanol–water partition coefficient (Wildman–Crippen LogP) is 2.30. The molecule has 2 heterocycles. The summed E-state index contributed by atoms with van der Waals surface area (Å²) in [7, 11) is 0. The summed E-state index contributed by atoms with van der Waals surface area (Å²) < 4.78 is 16.6. The molecule has 2 unspecified atom stereocenters. The van der Waals surface area contributed by atoms with E-state index < -0.39 is 0 Å². The summed E-state index contributed by atoms with van der Waals surface area (Å²) >= 11 is 0. The lowest BCUT2D eigenvalue weighted by Crippen LogP contribution is -2.31. The number of aliphatic hydroxyl groups is 1.